The van der Waals surface area contributed by atoms with Gasteiger partial charge in [-0.2, -0.15) is 0 Å². The van der Waals surface area contributed by atoms with E-state index in [2.05, 4.69) is 22.8 Å². The molecule has 0 saturated heterocycles. The number of unbranched alkanes of at least 4 members (excludes halogenated alkanes) is 3. The minimum Gasteiger partial charge on any atom is -0.466 e. The van der Waals surface area contributed by atoms with Crippen LogP contribution in [0.25, 0.3) is 0 Å². The van der Waals surface area contributed by atoms with Crippen LogP contribution in [0.4, 0.5) is 0 Å². The second-order valence-electron chi connectivity index (χ2n) is 11.5. The van der Waals surface area contributed by atoms with Crippen molar-refractivity contribution in [2.45, 2.75) is 77.9 Å². The molecule has 0 radical (unpaired) electrons. The number of hydrogen-bond acceptors (Lipinski definition) is 7. The van der Waals surface area contributed by atoms with Gasteiger partial charge >= 0.3 is 11.9 Å². The molecule has 45 heavy (non-hydrogen) atoms. The van der Waals surface area contributed by atoms with Crippen LogP contribution in [0.1, 0.15) is 74.4 Å². The molecule has 2 aromatic carbocycles. The second-order valence-corrected chi connectivity index (χ2v) is 11.9. The van der Waals surface area contributed by atoms with Gasteiger partial charge in [0.15, 0.2) is 12.4 Å². The summed E-state index contributed by atoms with van der Waals surface area (Å²) in [5, 5.41) is 5.68. The van der Waals surface area contributed by atoms with Gasteiger partial charge in [0, 0.05) is 18.5 Å². The zero-order valence-corrected chi connectivity index (χ0v) is 27.3. The molecule has 244 valence electrons. The van der Waals surface area contributed by atoms with Gasteiger partial charge in [0.2, 0.25) is 11.8 Å². The van der Waals surface area contributed by atoms with Gasteiger partial charge in [0.05, 0.1) is 18.1 Å². The zero-order chi connectivity index (χ0) is 33.2. The van der Waals surface area contributed by atoms with Crippen LogP contribution in [0.5, 0.6) is 0 Å². The molecule has 0 heterocycles. The fourth-order valence-corrected chi connectivity index (χ4v) is 4.78. The van der Waals surface area contributed by atoms with Gasteiger partial charge in [-0.25, -0.2) is 4.79 Å². The number of amides is 2. The number of aldehydes is 1. The third-order valence-corrected chi connectivity index (χ3v) is 7.43. The summed E-state index contributed by atoms with van der Waals surface area (Å²) >= 11 is 6.18. The summed E-state index contributed by atoms with van der Waals surface area (Å²) in [4.78, 5) is 61.9. The standard InChI is InChI=1S/C35H45ClN2O7/c1-24(2)19-31(35(43)44-4)45-34(42)25(3)22-37-33(41)30(21-27-17-18-28(23-39)29(36)20-27)38-32(40)16-12-7-5-6-9-13-26-14-10-8-11-15-26/h8,10-12,14-18,20,23-25,30-31H,5-7,9,13,19,21-22H2,1-4H3,(H,37,41)(H,38,40)/b16-12+/t25-,30-,31+/m1/s1. The van der Waals surface area contributed by atoms with E-state index in [0.717, 1.165) is 32.1 Å². The van der Waals surface area contributed by atoms with Crippen LogP contribution >= 0.6 is 11.6 Å². The van der Waals surface area contributed by atoms with E-state index in [1.807, 2.05) is 32.0 Å². The van der Waals surface area contributed by atoms with E-state index in [0.29, 0.717) is 23.8 Å². The maximum Gasteiger partial charge on any atom is 0.347 e. The average Bonchev–Trinajstić information content (AvgIpc) is 3.02. The summed E-state index contributed by atoms with van der Waals surface area (Å²) in [6.45, 7) is 5.28. The van der Waals surface area contributed by atoms with Crippen molar-refractivity contribution in [2.75, 3.05) is 13.7 Å². The molecule has 0 aromatic heterocycles. The molecule has 10 heteroatoms. The number of benzene rings is 2. The molecule has 2 rings (SSSR count). The molecule has 0 aliphatic rings. The summed E-state index contributed by atoms with van der Waals surface area (Å²) in [5.74, 6) is -2.93. The van der Waals surface area contributed by atoms with Crippen molar-refractivity contribution in [1.29, 1.82) is 0 Å². The maximum atomic E-state index is 13.2. The molecule has 9 nitrogen and oxygen atoms in total. The first-order valence-corrected chi connectivity index (χ1v) is 15.7. The van der Waals surface area contributed by atoms with Crippen LogP contribution in [-0.2, 0) is 41.5 Å². The molecule has 0 aliphatic carbocycles. The van der Waals surface area contributed by atoms with Crippen molar-refractivity contribution in [3.05, 3.63) is 82.4 Å². The van der Waals surface area contributed by atoms with Crippen LogP contribution in [0.15, 0.2) is 60.7 Å². The van der Waals surface area contributed by atoms with E-state index in [1.54, 1.807) is 31.2 Å². The summed E-state index contributed by atoms with van der Waals surface area (Å²) in [5.41, 5.74) is 2.25. The fourth-order valence-electron chi connectivity index (χ4n) is 4.53. The van der Waals surface area contributed by atoms with Crippen molar-refractivity contribution in [2.24, 2.45) is 11.8 Å². The number of esters is 2. The number of allylic oxidation sites excluding steroid dienone is 1. The highest BCUT2D eigenvalue weighted by Gasteiger charge is 2.28. The normalized spacial score (nSPS) is 13.1. The number of hydrogen-bond donors (Lipinski definition) is 2. The molecule has 0 aliphatic heterocycles. The Hall–Kier alpha value is -3.98. The molecule has 0 bridgehead atoms. The van der Waals surface area contributed by atoms with Crippen LogP contribution in [0, 0.1) is 11.8 Å². The minimum absolute atomic E-state index is 0.0801. The van der Waals surface area contributed by atoms with Crippen molar-refractivity contribution < 1.29 is 33.4 Å². The first-order chi connectivity index (χ1) is 21.5. The molecule has 0 saturated carbocycles. The molecule has 2 amide bonds. The number of carbonyl (C=O) groups excluding carboxylic acids is 5. The van der Waals surface area contributed by atoms with Crippen LogP contribution in [0.3, 0.4) is 0 Å². The van der Waals surface area contributed by atoms with Gasteiger partial charge in [-0.05, 0) is 67.4 Å². The summed E-state index contributed by atoms with van der Waals surface area (Å²) in [6, 6.07) is 14.1. The quantitative estimate of drug-likeness (QED) is 0.0908. The molecule has 2 N–H and O–H groups in total. The Morgan fingerprint density at radius 3 is 2.31 bits per heavy atom. The van der Waals surface area contributed by atoms with Crippen molar-refractivity contribution in [3.63, 3.8) is 0 Å². The molecule has 0 spiro atoms. The Bertz CT molecular complexity index is 1300. The lowest BCUT2D eigenvalue weighted by Crippen LogP contribution is -2.49. The fraction of sp³-hybridized carbons (Fsp3) is 0.457. The lowest BCUT2D eigenvalue weighted by Gasteiger charge is -2.21. The Morgan fingerprint density at radius 1 is 0.933 bits per heavy atom. The highest BCUT2D eigenvalue weighted by Crippen LogP contribution is 2.18. The van der Waals surface area contributed by atoms with E-state index in [1.165, 1.54) is 18.7 Å². The number of nitrogens with one attached hydrogen (secondary N) is 2. The van der Waals surface area contributed by atoms with Gasteiger partial charge in [0.25, 0.3) is 0 Å². The molecular formula is C35H45ClN2O7. The predicted octanol–water partition coefficient (Wildman–Crippen LogP) is 5.42. The Morgan fingerprint density at radius 2 is 1.67 bits per heavy atom. The first-order valence-electron chi connectivity index (χ1n) is 15.3. The van der Waals surface area contributed by atoms with Crippen LogP contribution < -0.4 is 10.6 Å². The van der Waals surface area contributed by atoms with Gasteiger partial charge in [-0.1, -0.05) is 81.3 Å². The predicted molar refractivity (Wildman–Crippen MR) is 174 cm³/mol. The zero-order valence-electron chi connectivity index (χ0n) is 26.6. The van der Waals surface area contributed by atoms with Crippen molar-refractivity contribution >= 4 is 41.6 Å². The summed E-state index contributed by atoms with van der Waals surface area (Å²) < 4.78 is 10.1. The lowest BCUT2D eigenvalue weighted by molar-refractivity contribution is -0.169. The van der Waals surface area contributed by atoms with Gasteiger partial charge in [0.1, 0.15) is 6.04 Å². The molecule has 3 atom stereocenters. The minimum atomic E-state index is -1.04. The third-order valence-electron chi connectivity index (χ3n) is 7.11. The molecular weight excluding hydrogens is 596 g/mol. The second kappa shape index (κ2) is 20.1. The monoisotopic (exact) mass is 640 g/mol. The van der Waals surface area contributed by atoms with Gasteiger partial charge in [-0.15, -0.1) is 0 Å². The number of ether oxygens (including phenoxy) is 2. The Balaban J connectivity index is 1.97. The van der Waals surface area contributed by atoms with E-state index in [-0.39, 0.29) is 23.9 Å². The first kappa shape index (κ1) is 37.2. The topological polar surface area (TPSA) is 128 Å². The van der Waals surface area contributed by atoms with Crippen molar-refractivity contribution in [3.8, 4) is 0 Å². The number of rotatable bonds is 19. The van der Waals surface area contributed by atoms with E-state index < -0.39 is 41.8 Å². The van der Waals surface area contributed by atoms with E-state index in [9.17, 15) is 24.0 Å². The van der Waals surface area contributed by atoms with E-state index in [4.69, 9.17) is 21.1 Å². The van der Waals surface area contributed by atoms with Gasteiger partial charge in [-0.3, -0.25) is 19.2 Å². The van der Waals surface area contributed by atoms with Crippen LogP contribution in [-0.4, -0.2) is 55.8 Å². The third kappa shape index (κ3) is 14.1. The highest BCUT2D eigenvalue weighted by molar-refractivity contribution is 6.33. The summed E-state index contributed by atoms with van der Waals surface area (Å²) in [6.07, 6.45) is 7.97. The maximum absolute atomic E-state index is 13.2. The largest absolute Gasteiger partial charge is 0.466 e. The van der Waals surface area contributed by atoms with Crippen molar-refractivity contribution in [1.82, 2.24) is 10.6 Å². The van der Waals surface area contributed by atoms with Gasteiger partial charge < -0.3 is 20.1 Å². The molecule has 2 aromatic rings. The van der Waals surface area contributed by atoms with Crippen LogP contribution in [0.2, 0.25) is 5.02 Å². The number of carbonyl (C=O) groups is 5. The highest BCUT2D eigenvalue weighted by atomic mass is 35.5. The number of aryl methyl sites for hydroxylation is 1. The SMILES string of the molecule is COC(=O)[C@H](CC(C)C)OC(=O)[C@H](C)CNC(=O)[C@@H](Cc1ccc(C=O)c(Cl)c1)NC(=O)/C=C/CCCCCc1ccccc1. The Labute approximate surface area is 271 Å². The lowest BCUT2D eigenvalue weighted by atomic mass is 10.0. The Kier molecular flexibility index (Phi) is 16.6. The van der Waals surface area contributed by atoms with E-state index >= 15 is 0 Å². The molecule has 0 fully saturated rings. The number of halogens is 1. The smallest absolute Gasteiger partial charge is 0.347 e. The summed E-state index contributed by atoms with van der Waals surface area (Å²) in [7, 11) is 1.23. The molecule has 0 unspecified atom stereocenters. The average molecular weight is 641 g/mol. The number of methoxy groups -OCH3 is 1.